The van der Waals surface area contributed by atoms with Gasteiger partial charge in [-0.1, -0.05) is 0 Å². The number of nitrogens with two attached hydrogens (primary N) is 1. The Morgan fingerprint density at radius 3 is 1.92 bits per heavy atom. The molecule has 3 heterocycles. The van der Waals surface area contributed by atoms with Gasteiger partial charge in [-0.3, -0.25) is 14.5 Å². The van der Waals surface area contributed by atoms with Gasteiger partial charge in [-0.25, -0.2) is 4.79 Å². The lowest BCUT2D eigenvalue weighted by atomic mass is 9.86. The molecule has 2 unspecified atom stereocenters. The summed E-state index contributed by atoms with van der Waals surface area (Å²) in [4.78, 5) is 45.3. The summed E-state index contributed by atoms with van der Waals surface area (Å²) in [5, 5.41) is 3.32. The maximum Gasteiger partial charge on any atom is 0.336 e. The Balaban J connectivity index is 0.000000311. The first kappa shape index (κ1) is 39.8. The quantitative estimate of drug-likeness (QED) is 0.291. The van der Waals surface area contributed by atoms with Crippen LogP contribution in [0, 0.1) is 0 Å². The largest absolute Gasteiger partial charge is 0.493 e. The molecule has 264 valence electrons. The Labute approximate surface area is 287 Å². The van der Waals surface area contributed by atoms with Crippen molar-refractivity contribution in [3.63, 3.8) is 0 Å². The zero-order valence-electron chi connectivity index (χ0n) is 28.3. The standard InChI is InChI=1S/C17H22N2O4.C16H21NO5.CH2O.ClH/c1-21-15-6-10-4-5-19-9-12(17(20)23-3)13(18)8-14(19)11(10)7-16(15)22-2;1-20-14-6-10-4-5-17-13(12(10)9-15(14)21-2)7-11(18)8-16(19)22-3;1-2;/h6-7,14H,4-5,8-9,18H2,1-3H3;6,9,13,17H,4-5,7-8H2,1-3H3;1H2;1H. The van der Waals surface area contributed by atoms with Gasteiger partial charge in [0.05, 0.1) is 48.2 Å². The Bertz CT molecular complexity index is 1480. The molecule has 0 radical (unpaired) electrons. The minimum Gasteiger partial charge on any atom is -0.493 e. The first-order valence-electron chi connectivity index (χ1n) is 15.1. The molecule has 0 amide bonds. The molecule has 0 saturated carbocycles. The SMILES string of the molecule is C=O.COC(=O)C1=C(N)CC2c3cc(OC)c(OC)cc3CCN2C1.COC(=O)CC(=O)CC1NCCc2cc(OC)c(OC)cc21.Cl. The third-order valence-corrected chi connectivity index (χ3v) is 8.51. The summed E-state index contributed by atoms with van der Waals surface area (Å²) in [6.07, 6.45) is 2.43. The predicted molar refractivity (Wildman–Crippen MR) is 180 cm³/mol. The third kappa shape index (κ3) is 9.18. The van der Waals surface area contributed by atoms with E-state index in [0.717, 1.165) is 48.6 Å². The molecule has 5 rings (SSSR count). The normalized spacial score (nSPS) is 17.5. The average Bonchev–Trinajstić information content (AvgIpc) is 3.10. The second-order valence-electron chi connectivity index (χ2n) is 11.0. The van der Waals surface area contributed by atoms with Crippen molar-refractivity contribution in [1.29, 1.82) is 0 Å². The molecule has 0 fully saturated rings. The fraction of sp³-hybridized carbons (Fsp3) is 0.471. The van der Waals surface area contributed by atoms with Gasteiger partial charge in [0.1, 0.15) is 19.0 Å². The van der Waals surface area contributed by atoms with Gasteiger partial charge in [-0.15, -0.1) is 12.4 Å². The van der Waals surface area contributed by atoms with Crippen molar-refractivity contribution in [2.24, 2.45) is 5.73 Å². The molecular formula is C34H46ClN3O10. The van der Waals surface area contributed by atoms with Crippen molar-refractivity contribution >= 4 is 36.9 Å². The van der Waals surface area contributed by atoms with E-state index >= 15 is 0 Å². The summed E-state index contributed by atoms with van der Waals surface area (Å²) in [6, 6.07) is 7.96. The molecule has 0 aliphatic carbocycles. The number of esters is 2. The Kier molecular flexibility index (Phi) is 15.7. The fourth-order valence-corrected chi connectivity index (χ4v) is 6.15. The van der Waals surface area contributed by atoms with Crippen LogP contribution in [0.5, 0.6) is 23.0 Å². The molecule has 13 nitrogen and oxygen atoms in total. The number of Topliss-reactive ketones (excluding diaryl/α,β-unsaturated/α-hetero) is 1. The number of carbonyl (C=O) groups is 4. The number of ketones is 1. The number of nitrogens with zero attached hydrogens (tertiary/aromatic N) is 1. The molecule has 2 atom stereocenters. The molecule has 14 heteroatoms. The van der Waals surface area contributed by atoms with E-state index in [1.54, 1.807) is 28.4 Å². The zero-order valence-corrected chi connectivity index (χ0v) is 29.2. The van der Waals surface area contributed by atoms with Crippen molar-refractivity contribution in [2.45, 2.75) is 44.2 Å². The number of rotatable bonds is 9. The monoisotopic (exact) mass is 691 g/mol. The molecule has 2 aromatic rings. The van der Waals surface area contributed by atoms with Crippen molar-refractivity contribution in [1.82, 2.24) is 10.2 Å². The molecule has 0 aromatic heterocycles. The summed E-state index contributed by atoms with van der Waals surface area (Å²) in [7, 11) is 9.12. The van der Waals surface area contributed by atoms with E-state index in [4.69, 9.17) is 34.2 Å². The van der Waals surface area contributed by atoms with E-state index in [1.165, 1.54) is 25.3 Å². The fourth-order valence-electron chi connectivity index (χ4n) is 6.15. The summed E-state index contributed by atoms with van der Waals surface area (Å²) in [5.41, 5.74) is 11.9. The smallest absolute Gasteiger partial charge is 0.336 e. The number of fused-ring (bicyclic) bond motifs is 4. The number of nitrogens with one attached hydrogen (secondary N) is 1. The van der Waals surface area contributed by atoms with Crippen LogP contribution in [0.2, 0.25) is 0 Å². The number of hydrogen-bond donors (Lipinski definition) is 2. The van der Waals surface area contributed by atoms with Gasteiger partial charge in [0.15, 0.2) is 23.0 Å². The van der Waals surface area contributed by atoms with Crippen LogP contribution in [0.4, 0.5) is 0 Å². The van der Waals surface area contributed by atoms with Crippen molar-refractivity contribution in [3.8, 4) is 23.0 Å². The highest BCUT2D eigenvalue weighted by Crippen LogP contribution is 2.42. The van der Waals surface area contributed by atoms with Crippen molar-refractivity contribution in [2.75, 3.05) is 62.3 Å². The highest BCUT2D eigenvalue weighted by atomic mass is 35.5. The van der Waals surface area contributed by atoms with Crippen LogP contribution in [-0.2, 0) is 41.5 Å². The van der Waals surface area contributed by atoms with Crippen LogP contribution in [0.15, 0.2) is 35.5 Å². The number of methoxy groups -OCH3 is 6. The number of ether oxygens (including phenoxy) is 6. The molecule has 48 heavy (non-hydrogen) atoms. The maximum atomic E-state index is 12.0. The average molecular weight is 692 g/mol. The van der Waals surface area contributed by atoms with E-state index in [9.17, 15) is 14.4 Å². The van der Waals surface area contributed by atoms with Gasteiger partial charge in [0, 0.05) is 43.7 Å². The van der Waals surface area contributed by atoms with Crippen LogP contribution in [0.25, 0.3) is 0 Å². The van der Waals surface area contributed by atoms with Gasteiger partial charge in [0.25, 0.3) is 0 Å². The first-order valence-corrected chi connectivity index (χ1v) is 15.1. The topological polar surface area (TPSA) is 165 Å². The van der Waals surface area contributed by atoms with Crippen LogP contribution in [-0.4, -0.2) is 91.7 Å². The summed E-state index contributed by atoms with van der Waals surface area (Å²) < 4.78 is 30.8. The molecule has 0 saturated heterocycles. The lowest BCUT2D eigenvalue weighted by Gasteiger charge is -2.41. The van der Waals surface area contributed by atoms with Crippen molar-refractivity contribution in [3.05, 3.63) is 57.8 Å². The van der Waals surface area contributed by atoms with Gasteiger partial charge < -0.3 is 44.3 Å². The van der Waals surface area contributed by atoms with E-state index in [2.05, 4.69) is 15.0 Å². The zero-order chi connectivity index (χ0) is 34.7. The van der Waals surface area contributed by atoms with E-state index in [-0.39, 0.29) is 49.1 Å². The van der Waals surface area contributed by atoms with Crippen LogP contribution < -0.4 is 30.0 Å². The minimum absolute atomic E-state index is 0. The van der Waals surface area contributed by atoms with Gasteiger partial charge >= 0.3 is 11.9 Å². The molecule has 3 aliphatic heterocycles. The number of halogens is 1. The molecule has 2 aromatic carbocycles. The lowest BCUT2D eigenvalue weighted by molar-refractivity contribution is -0.143. The van der Waals surface area contributed by atoms with Gasteiger partial charge in [-0.2, -0.15) is 0 Å². The summed E-state index contributed by atoms with van der Waals surface area (Å²) in [5.74, 6) is 1.79. The Morgan fingerprint density at radius 1 is 0.833 bits per heavy atom. The van der Waals surface area contributed by atoms with Gasteiger partial charge in [-0.05, 0) is 65.9 Å². The predicted octanol–water partition coefficient (Wildman–Crippen LogP) is 3.04. The number of hydrogen-bond acceptors (Lipinski definition) is 13. The number of carbonyl (C=O) groups excluding carboxylic acids is 4. The maximum absolute atomic E-state index is 12.0. The Morgan fingerprint density at radius 2 is 1.38 bits per heavy atom. The molecule has 3 aliphatic rings. The van der Waals surface area contributed by atoms with Crippen LogP contribution >= 0.6 is 12.4 Å². The molecule has 0 bridgehead atoms. The highest BCUT2D eigenvalue weighted by Gasteiger charge is 2.35. The second-order valence-corrected chi connectivity index (χ2v) is 11.0. The Hall–Kier alpha value is -4.33. The molecule has 3 N–H and O–H groups in total. The van der Waals surface area contributed by atoms with Crippen LogP contribution in [0.3, 0.4) is 0 Å². The highest BCUT2D eigenvalue weighted by molar-refractivity contribution is 5.95. The summed E-state index contributed by atoms with van der Waals surface area (Å²) >= 11 is 0. The number of benzene rings is 2. The van der Waals surface area contributed by atoms with Gasteiger partial charge in [0.2, 0.25) is 0 Å². The second kappa shape index (κ2) is 18.9. The van der Waals surface area contributed by atoms with E-state index in [0.29, 0.717) is 35.7 Å². The lowest BCUT2D eigenvalue weighted by Crippen LogP contribution is -2.42. The minimum atomic E-state index is -0.506. The third-order valence-electron chi connectivity index (χ3n) is 8.51. The summed E-state index contributed by atoms with van der Waals surface area (Å²) in [6.45, 7) is 4.18. The molecular weight excluding hydrogens is 646 g/mol. The van der Waals surface area contributed by atoms with Crippen LogP contribution in [0.1, 0.15) is 53.6 Å². The van der Waals surface area contributed by atoms with E-state index < -0.39 is 5.97 Å². The molecule has 0 spiro atoms. The van der Waals surface area contributed by atoms with Crippen molar-refractivity contribution < 1.29 is 47.6 Å². The van der Waals surface area contributed by atoms with E-state index in [1.807, 2.05) is 31.1 Å². The first-order chi connectivity index (χ1) is 22.7.